The minimum absolute atomic E-state index is 0.184. The highest BCUT2D eigenvalue weighted by atomic mass is 79.9. The van der Waals surface area contributed by atoms with Gasteiger partial charge in [0.25, 0.3) is 5.91 Å². The summed E-state index contributed by atoms with van der Waals surface area (Å²) in [5.74, 6) is -2.19. The molecule has 0 aliphatic heterocycles. The fourth-order valence-corrected chi connectivity index (χ4v) is 2.25. The normalized spacial score (nSPS) is 10.4. The van der Waals surface area contributed by atoms with Crippen molar-refractivity contribution in [2.45, 2.75) is 13.3 Å². The summed E-state index contributed by atoms with van der Waals surface area (Å²) in [4.78, 5) is 12.0. The van der Waals surface area contributed by atoms with Crippen LogP contribution in [0.5, 0.6) is 0 Å². The van der Waals surface area contributed by atoms with Crippen LogP contribution in [0.3, 0.4) is 0 Å². The fraction of sp³-hybridized carbons (Fsp3) is 0.133. The van der Waals surface area contributed by atoms with E-state index in [2.05, 4.69) is 21.2 Å². The lowest BCUT2D eigenvalue weighted by atomic mass is 10.1. The Kier molecular flexibility index (Phi) is 4.49. The molecule has 0 aromatic heterocycles. The van der Waals surface area contributed by atoms with E-state index in [-0.39, 0.29) is 5.56 Å². The Morgan fingerprint density at radius 3 is 2.60 bits per heavy atom. The number of nitrogens with one attached hydrogen (secondary N) is 1. The van der Waals surface area contributed by atoms with Gasteiger partial charge in [0.1, 0.15) is 11.6 Å². The molecule has 0 aliphatic rings. The second-order valence-electron chi connectivity index (χ2n) is 4.23. The minimum atomic E-state index is -0.877. The molecule has 1 N–H and O–H groups in total. The number of hydrogen-bond acceptors (Lipinski definition) is 1. The molecular formula is C15H12BrF2NO. The van der Waals surface area contributed by atoms with Gasteiger partial charge in [0.15, 0.2) is 0 Å². The lowest BCUT2D eigenvalue weighted by Crippen LogP contribution is -2.15. The van der Waals surface area contributed by atoms with Crippen molar-refractivity contribution in [3.05, 3.63) is 63.6 Å². The number of carbonyl (C=O) groups is 1. The van der Waals surface area contributed by atoms with Gasteiger partial charge in [-0.1, -0.05) is 22.9 Å². The van der Waals surface area contributed by atoms with E-state index in [0.717, 1.165) is 28.6 Å². The van der Waals surface area contributed by atoms with Gasteiger partial charge in [-0.2, -0.15) is 0 Å². The molecule has 1 amide bonds. The van der Waals surface area contributed by atoms with Crippen LogP contribution in [-0.4, -0.2) is 5.91 Å². The van der Waals surface area contributed by atoms with Crippen molar-refractivity contribution in [3.63, 3.8) is 0 Å². The summed E-state index contributed by atoms with van der Waals surface area (Å²) >= 11 is 3.35. The first kappa shape index (κ1) is 14.7. The number of aryl methyl sites for hydroxylation is 1. The van der Waals surface area contributed by atoms with Crippen molar-refractivity contribution < 1.29 is 13.6 Å². The molecule has 2 aromatic carbocycles. The molecular weight excluding hydrogens is 328 g/mol. The van der Waals surface area contributed by atoms with Crippen LogP contribution in [0.2, 0.25) is 0 Å². The molecule has 0 unspecified atom stereocenters. The molecule has 5 heteroatoms. The van der Waals surface area contributed by atoms with Gasteiger partial charge in [0, 0.05) is 16.2 Å². The van der Waals surface area contributed by atoms with Gasteiger partial charge in [-0.15, -0.1) is 0 Å². The van der Waals surface area contributed by atoms with Crippen LogP contribution in [0.25, 0.3) is 0 Å². The number of carbonyl (C=O) groups excluding carboxylic acids is 1. The highest BCUT2D eigenvalue weighted by Gasteiger charge is 2.14. The summed E-state index contributed by atoms with van der Waals surface area (Å²) in [5, 5.41) is 2.64. The van der Waals surface area contributed by atoms with Gasteiger partial charge >= 0.3 is 0 Å². The maximum Gasteiger partial charge on any atom is 0.258 e. The summed E-state index contributed by atoms with van der Waals surface area (Å²) in [5.41, 5.74) is 1.36. The Bertz CT molecular complexity index is 658. The zero-order chi connectivity index (χ0) is 14.7. The number of rotatable bonds is 3. The van der Waals surface area contributed by atoms with Crippen LogP contribution in [0.4, 0.5) is 14.5 Å². The van der Waals surface area contributed by atoms with Crippen molar-refractivity contribution in [3.8, 4) is 0 Å². The van der Waals surface area contributed by atoms with Crippen LogP contribution in [0.15, 0.2) is 40.9 Å². The van der Waals surface area contributed by atoms with Crippen LogP contribution < -0.4 is 5.32 Å². The highest BCUT2D eigenvalue weighted by Crippen LogP contribution is 2.22. The van der Waals surface area contributed by atoms with E-state index < -0.39 is 17.5 Å². The fourth-order valence-electron chi connectivity index (χ4n) is 1.84. The van der Waals surface area contributed by atoms with Crippen molar-refractivity contribution in [2.24, 2.45) is 0 Å². The third-order valence-corrected chi connectivity index (χ3v) is 3.37. The van der Waals surface area contributed by atoms with Gasteiger partial charge in [-0.05, 0) is 42.3 Å². The number of benzene rings is 2. The van der Waals surface area contributed by atoms with Crippen molar-refractivity contribution in [2.75, 3.05) is 5.32 Å². The molecule has 0 radical (unpaired) electrons. The number of hydrogen-bond donors (Lipinski definition) is 1. The average Bonchev–Trinajstić information content (AvgIpc) is 2.40. The quantitative estimate of drug-likeness (QED) is 0.873. The highest BCUT2D eigenvalue weighted by molar-refractivity contribution is 9.10. The third-order valence-electron chi connectivity index (χ3n) is 2.87. The van der Waals surface area contributed by atoms with Gasteiger partial charge in [0.05, 0.1) is 5.56 Å². The molecule has 0 fully saturated rings. The topological polar surface area (TPSA) is 29.1 Å². The molecule has 0 saturated carbocycles. The molecule has 2 nitrogen and oxygen atoms in total. The molecule has 20 heavy (non-hydrogen) atoms. The van der Waals surface area contributed by atoms with E-state index in [0.29, 0.717) is 11.8 Å². The molecule has 0 saturated heterocycles. The predicted molar refractivity (Wildman–Crippen MR) is 77.8 cm³/mol. The zero-order valence-electron chi connectivity index (χ0n) is 10.7. The van der Waals surface area contributed by atoms with Crippen LogP contribution in [-0.2, 0) is 6.42 Å². The van der Waals surface area contributed by atoms with Crippen molar-refractivity contribution in [1.82, 2.24) is 0 Å². The van der Waals surface area contributed by atoms with Gasteiger partial charge in [-0.3, -0.25) is 4.79 Å². The van der Waals surface area contributed by atoms with E-state index in [4.69, 9.17) is 0 Å². The molecule has 0 spiro atoms. The van der Waals surface area contributed by atoms with Gasteiger partial charge < -0.3 is 5.32 Å². The SMILES string of the molecule is CCc1cc(Br)ccc1NC(=O)c1ccc(F)cc1F. The smallest absolute Gasteiger partial charge is 0.258 e. The number of amides is 1. The zero-order valence-corrected chi connectivity index (χ0v) is 12.3. The molecule has 0 heterocycles. The average molecular weight is 340 g/mol. The maximum atomic E-state index is 13.5. The van der Waals surface area contributed by atoms with E-state index in [1.165, 1.54) is 0 Å². The molecule has 0 atom stereocenters. The van der Waals surface area contributed by atoms with Crippen LogP contribution in [0, 0.1) is 11.6 Å². The molecule has 2 aromatic rings. The minimum Gasteiger partial charge on any atom is -0.322 e. The Morgan fingerprint density at radius 1 is 1.20 bits per heavy atom. The Labute approximate surface area is 123 Å². The summed E-state index contributed by atoms with van der Waals surface area (Å²) in [7, 11) is 0. The Morgan fingerprint density at radius 2 is 1.95 bits per heavy atom. The largest absolute Gasteiger partial charge is 0.322 e. The first-order valence-electron chi connectivity index (χ1n) is 6.06. The summed E-state index contributed by atoms with van der Waals surface area (Å²) < 4.78 is 27.3. The second kappa shape index (κ2) is 6.13. The first-order valence-corrected chi connectivity index (χ1v) is 6.85. The van der Waals surface area contributed by atoms with E-state index in [1.54, 1.807) is 12.1 Å². The first-order chi connectivity index (χ1) is 9.51. The third kappa shape index (κ3) is 3.22. The maximum absolute atomic E-state index is 13.5. The molecule has 0 bridgehead atoms. The van der Waals surface area contributed by atoms with Crippen molar-refractivity contribution >= 4 is 27.5 Å². The standard InChI is InChI=1S/C15H12BrF2NO/c1-2-9-7-10(16)3-6-14(9)19-15(20)12-5-4-11(17)8-13(12)18/h3-8H,2H2,1H3,(H,19,20). The predicted octanol–water partition coefficient (Wildman–Crippen LogP) is 4.54. The summed E-state index contributed by atoms with van der Waals surface area (Å²) in [6.07, 6.45) is 0.723. The summed E-state index contributed by atoms with van der Waals surface area (Å²) in [6, 6.07) is 8.29. The second-order valence-corrected chi connectivity index (χ2v) is 5.15. The Balaban J connectivity index is 2.28. The van der Waals surface area contributed by atoms with Crippen LogP contribution in [0.1, 0.15) is 22.8 Å². The molecule has 104 valence electrons. The van der Waals surface area contributed by atoms with E-state index in [1.807, 2.05) is 13.0 Å². The van der Waals surface area contributed by atoms with Crippen LogP contribution >= 0.6 is 15.9 Å². The van der Waals surface area contributed by atoms with E-state index in [9.17, 15) is 13.6 Å². The van der Waals surface area contributed by atoms with E-state index >= 15 is 0 Å². The Hall–Kier alpha value is -1.75. The summed E-state index contributed by atoms with van der Waals surface area (Å²) in [6.45, 7) is 1.95. The lowest BCUT2D eigenvalue weighted by molar-refractivity contribution is 0.102. The van der Waals surface area contributed by atoms with Gasteiger partial charge in [-0.25, -0.2) is 8.78 Å². The number of anilines is 1. The van der Waals surface area contributed by atoms with Crippen molar-refractivity contribution in [1.29, 1.82) is 0 Å². The lowest BCUT2D eigenvalue weighted by Gasteiger charge is -2.11. The monoisotopic (exact) mass is 339 g/mol. The number of halogens is 3. The molecule has 2 rings (SSSR count). The molecule has 0 aliphatic carbocycles. The van der Waals surface area contributed by atoms with Gasteiger partial charge in [0.2, 0.25) is 0 Å².